The van der Waals surface area contributed by atoms with Crippen molar-refractivity contribution in [1.82, 2.24) is 14.9 Å². The minimum Gasteiger partial charge on any atom is -0.444 e. The Morgan fingerprint density at radius 3 is 2.56 bits per heavy atom. The molecular weight excluding hydrogens is 334 g/mol. The highest BCUT2D eigenvalue weighted by molar-refractivity contribution is 7.13. The van der Waals surface area contributed by atoms with Crippen LogP contribution in [-0.4, -0.2) is 39.7 Å². The van der Waals surface area contributed by atoms with Crippen LogP contribution >= 0.6 is 11.3 Å². The number of thiazole rings is 1. The van der Waals surface area contributed by atoms with Gasteiger partial charge in [0.2, 0.25) is 0 Å². The maximum atomic E-state index is 12.2. The third-order valence-corrected chi connectivity index (χ3v) is 5.16. The fraction of sp³-hybridized carbons (Fsp3) is 0.526. The Kier molecular flexibility index (Phi) is 5.08. The molecule has 25 heavy (non-hydrogen) atoms. The van der Waals surface area contributed by atoms with Crippen LogP contribution < -0.4 is 0 Å². The lowest BCUT2D eigenvalue weighted by Gasteiger charge is -2.33. The van der Waals surface area contributed by atoms with E-state index in [0.29, 0.717) is 19.0 Å². The first-order valence-electron chi connectivity index (χ1n) is 8.69. The molecule has 0 saturated carbocycles. The Balaban J connectivity index is 1.64. The summed E-state index contributed by atoms with van der Waals surface area (Å²) in [4.78, 5) is 23.3. The minimum atomic E-state index is -0.449. The quantitative estimate of drug-likeness (QED) is 0.784. The van der Waals surface area contributed by atoms with E-state index in [2.05, 4.69) is 17.1 Å². The average Bonchev–Trinajstić information content (AvgIpc) is 3.00. The number of carbonyl (C=O) groups excluding carboxylic acids is 1. The van der Waals surface area contributed by atoms with Crippen molar-refractivity contribution in [3.8, 4) is 10.7 Å². The van der Waals surface area contributed by atoms with Crippen molar-refractivity contribution in [2.75, 3.05) is 13.1 Å². The highest BCUT2D eigenvalue weighted by Gasteiger charge is 2.28. The number of piperidine rings is 1. The first kappa shape index (κ1) is 17.9. The van der Waals surface area contributed by atoms with Crippen molar-refractivity contribution in [2.24, 2.45) is 0 Å². The molecule has 5 nitrogen and oxygen atoms in total. The molecule has 2 aromatic heterocycles. The third kappa shape index (κ3) is 4.57. The first-order valence-corrected chi connectivity index (χ1v) is 9.57. The van der Waals surface area contributed by atoms with Crippen LogP contribution in [0.5, 0.6) is 0 Å². The number of nitrogens with zero attached hydrogens (tertiary/aromatic N) is 3. The normalized spacial score (nSPS) is 16.1. The molecule has 1 amide bonds. The SMILES string of the molecule is Cc1csc(-c2cccc(C3CCN(C(=O)OC(C)(C)C)CC3)n2)n1. The van der Waals surface area contributed by atoms with Crippen LogP contribution in [0.4, 0.5) is 4.79 Å². The van der Waals surface area contributed by atoms with E-state index in [-0.39, 0.29) is 6.09 Å². The Bertz CT molecular complexity index is 743. The molecule has 1 fully saturated rings. The molecular formula is C19H25N3O2S. The molecule has 0 atom stereocenters. The number of carbonyl (C=O) groups is 1. The lowest BCUT2D eigenvalue weighted by atomic mass is 9.93. The number of ether oxygens (including phenoxy) is 1. The summed E-state index contributed by atoms with van der Waals surface area (Å²) in [6, 6.07) is 6.14. The van der Waals surface area contributed by atoms with Crippen LogP contribution in [-0.2, 0) is 4.74 Å². The number of rotatable bonds is 2. The second kappa shape index (κ2) is 7.12. The number of hydrogen-bond donors (Lipinski definition) is 0. The number of pyridine rings is 1. The van der Waals surface area contributed by atoms with Crippen molar-refractivity contribution in [3.05, 3.63) is 35.0 Å². The smallest absolute Gasteiger partial charge is 0.410 e. The van der Waals surface area contributed by atoms with Crippen LogP contribution in [0.3, 0.4) is 0 Å². The van der Waals surface area contributed by atoms with Gasteiger partial charge in [0, 0.05) is 35.8 Å². The molecule has 3 heterocycles. The van der Waals surface area contributed by atoms with Gasteiger partial charge in [0.25, 0.3) is 0 Å². The summed E-state index contributed by atoms with van der Waals surface area (Å²) in [5.41, 5.74) is 2.60. The Morgan fingerprint density at radius 2 is 1.96 bits per heavy atom. The Morgan fingerprint density at radius 1 is 1.24 bits per heavy atom. The molecule has 6 heteroatoms. The van der Waals surface area contributed by atoms with Gasteiger partial charge in [-0.15, -0.1) is 11.3 Å². The maximum absolute atomic E-state index is 12.2. The second-order valence-corrected chi connectivity index (χ2v) is 8.34. The predicted molar refractivity (Wildman–Crippen MR) is 99.9 cm³/mol. The van der Waals surface area contributed by atoms with Crippen molar-refractivity contribution < 1.29 is 9.53 Å². The van der Waals surface area contributed by atoms with Gasteiger partial charge in [-0.1, -0.05) is 6.07 Å². The van der Waals surface area contributed by atoms with E-state index in [1.807, 2.05) is 39.1 Å². The fourth-order valence-electron chi connectivity index (χ4n) is 2.95. The van der Waals surface area contributed by atoms with Crippen molar-refractivity contribution in [3.63, 3.8) is 0 Å². The van der Waals surface area contributed by atoms with Crippen LogP contribution in [0, 0.1) is 6.92 Å². The molecule has 0 spiro atoms. The molecule has 3 rings (SSSR count). The van der Waals surface area contributed by atoms with Crippen molar-refractivity contribution in [1.29, 1.82) is 0 Å². The molecule has 1 saturated heterocycles. The Labute approximate surface area is 153 Å². The zero-order valence-electron chi connectivity index (χ0n) is 15.3. The molecule has 0 N–H and O–H groups in total. The van der Waals surface area contributed by atoms with Crippen LogP contribution in [0.2, 0.25) is 0 Å². The van der Waals surface area contributed by atoms with E-state index >= 15 is 0 Å². The number of hydrogen-bond acceptors (Lipinski definition) is 5. The lowest BCUT2D eigenvalue weighted by Crippen LogP contribution is -2.41. The highest BCUT2D eigenvalue weighted by atomic mass is 32.1. The number of amides is 1. The molecule has 1 aliphatic heterocycles. The fourth-order valence-corrected chi connectivity index (χ4v) is 3.72. The molecule has 0 aromatic carbocycles. The van der Waals surface area contributed by atoms with Crippen LogP contribution in [0.15, 0.2) is 23.6 Å². The van der Waals surface area contributed by atoms with Gasteiger partial charge in [-0.05, 0) is 52.7 Å². The number of aryl methyl sites for hydroxylation is 1. The predicted octanol–water partition coefficient (Wildman–Crippen LogP) is 4.63. The van der Waals surface area contributed by atoms with Crippen LogP contribution in [0.25, 0.3) is 10.7 Å². The highest BCUT2D eigenvalue weighted by Crippen LogP contribution is 2.30. The second-order valence-electron chi connectivity index (χ2n) is 7.48. The molecule has 0 bridgehead atoms. The van der Waals surface area contributed by atoms with E-state index in [9.17, 15) is 4.79 Å². The van der Waals surface area contributed by atoms with Gasteiger partial charge >= 0.3 is 6.09 Å². The molecule has 134 valence electrons. The van der Waals surface area contributed by atoms with Crippen molar-refractivity contribution in [2.45, 2.75) is 52.1 Å². The molecule has 0 aliphatic carbocycles. The van der Waals surface area contributed by atoms with Gasteiger partial charge in [-0.25, -0.2) is 9.78 Å². The van der Waals surface area contributed by atoms with E-state index in [0.717, 1.165) is 34.9 Å². The molecule has 0 radical (unpaired) electrons. The van der Waals surface area contributed by atoms with Gasteiger partial charge in [-0.3, -0.25) is 4.98 Å². The van der Waals surface area contributed by atoms with Gasteiger partial charge in [-0.2, -0.15) is 0 Å². The number of aromatic nitrogens is 2. The average molecular weight is 359 g/mol. The lowest BCUT2D eigenvalue weighted by molar-refractivity contribution is 0.0204. The zero-order chi connectivity index (χ0) is 18.0. The van der Waals surface area contributed by atoms with E-state index in [1.54, 1.807) is 16.2 Å². The van der Waals surface area contributed by atoms with Gasteiger partial charge in [0.15, 0.2) is 0 Å². The zero-order valence-corrected chi connectivity index (χ0v) is 16.1. The molecule has 1 aliphatic rings. The minimum absolute atomic E-state index is 0.217. The van der Waals surface area contributed by atoms with Crippen molar-refractivity contribution >= 4 is 17.4 Å². The van der Waals surface area contributed by atoms with Gasteiger partial charge < -0.3 is 9.64 Å². The summed E-state index contributed by atoms with van der Waals surface area (Å²) in [7, 11) is 0. The molecule has 2 aromatic rings. The van der Waals surface area contributed by atoms with Crippen LogP contribution in [0.1, 0.15) is 50.9 Å². The van der Waals surface area contributed by atoms with E-state index < -0.39 is 5.60 Å². The molecule has 0 unspecified atom stereocenters. The first-order chi connectivity index (χ1) is 11.8. The Hall–Kier alpha value is -1.95. The van der Waals surface area contributed by atoms with Gasteiger partial charge in [0.05, 0.1) is 5.69 Å². The summed E-state index contributed by atoms with van der Waals surface area (Å²) >= 11 is 1.62. The van der Waals surface area contributed by atoms with E-state index in [4.69, 9.17) is 9.72 Å². The standard InChI is InChI=1S/C19H25N3O2S/c1-13-12-25-17(20-13)16-7-5-6-15(21-16)14-8-10-22(11-9-14)18(23)24-19(2,3)4/h5-7,12,14H,8-11H2,1-4H3. The summed E-state index contributed by atoms with van der Waals surface area (Å²) < 4.78 is 5.46. The summed E-state index contributed by atoms with van der Waals surface area (Å²) in [5.74, 6) is 0.375. The summed E-state index contributed by atoms with van der Waals surface area (Å²) in [5, 5.41) is 3.01. The summed E-state index contributed by atoms with van der Waals surface area (Å²) in [6.07, 6.45) is 1.60. The summed E-state index contributed by atoms with van der Waals surface area (Å²) in [6.45, 7) is 9.11. The largest absolute Gasteiger partial charge is 0.444 e. The third-order valence-electron chi connectivity index (χ3n) is 4.17. The van der Waals surface area contributed by atoms with E-state index in [1.165, 1.54) is 0 Å². The topological polar surface area (TPSA) is 55.3 Å². The monoisotopic (exact) mass is 359 g/mol. The maximum Gasteiger partial charge on any atom is 0.410 e. The number of likely N-dealkylation sites (tertiary alicyclic amines) is 1. The van der Waals surface area contributed by atoms with Gasteiger partial charge in [0.1, 0.15) is 10.6 Å².